The second-order valence-electron chi connectivity index (χ2n) is 4.34. The van der Waals surface area contributed by atoms with Crippen LogP contribution >= 0.6 is 0 Å². The highest BCUT2D eigenvalue weighted by atomic mass is 32.2. The molecule has 2 heterocycles. The highest BCUT2D eigenvalue weighted by Crippen LogP contribution is 2.15. The van der Waals surface area contributed by atoms with Crippen LogP contribution in [-0.2, 0) is 10.2 Å². The van der Waals surface area contributed by atoms with Crippen LogP contribution in [0.15, 0.2) is 18.3 Å². The Morgan fingerprint density at radius 3 is 2.53 bits per heavy atom. The normalized spacial score (nSPS) is 17.6. The molecule has 0 atom stereocenters. The van der Waals surface area contributed by atoms with E-state index in [1.165, 1.54) is 4.31 Å². The second kappa shape index (κ2) is 5.72. The van der Waals surface area contributed by atoms with E-state index in [1.807, 2.05) is 6.07 Å². The molecule has 0 unspecified atom stereocenters. The van der Waals surface area contributed by atoms with Gasteiger partial charge in [-0.2, -0.15) is 12.7 Å². The van der Waals surface area contributed by atoms with Crippen molar-refractivity contribution in [2.45, 2.75) is 6.92 Å². The zero-order valence-electron chi connectivity index (χ0n) is 10.9. The van der Waals surface area contributed by atoms with E-state index in [1.54, 1.807) is 19.2 Å². The number of pyridine rings is 1. The monoisotopic (exact) mass is 285 g/mol. The number of anilines is 2. The summed E-state index contributed by atoms with van der Waals surface area (Å²) in [6, 6.07) is 3.65. The molecule has 0 spiro atoms. The van der Waals surface area contributed by atoms with Crippen LogP contribution in [0.1, 0.15) is 6.92 Å². The number of nitrogen functional groups attached to an aromatic ring is 1. The lowest BCUT2D eigenvalue weighted by Gasteiger charge is -2.34. The van der Waals surface area contributed by atoms with Gasteiger partial charge in [-0.1, -0.05) is 6.92 Å². The van der Waals surface area contributed by atoms with Crippen molar-refractivity contribution in [3.8, 4) is 0 Å². The third-order valence-corrected chi connectivity index (χ3v) is 4.70. The molecular formula is C11H19N5O2S. The summed E-state index contributed by atoms with van der Waals surface area (Å²) in [5.74, 6) is 0.828. The van der Waals surface area contributed by atoms with E-state index in [0.29, 0.717) is 38.4 Å². The smallest absolute Gasteiger partial charge is 0.279 e. The number of piperazine rings is 1. The van der Waals surface area contributed by atoms with Crippen molar-refractivity contribution in [3.63, 3.8) is 0 Å². The van der Waals surface area contributed by atoms with Crippen LogP contribution in [0.2, 0.25) is 0 Å². The Morgan fingerprint density at radius 1 is 1.32 bits per heavy atom. The second-order valence-corrected chi connectivity index (χ2v) is 6.09. The molecule has 0 bridgehead atoms. The molecule has 0 radical (unpaired) electrons. The average molecular weight is 285 g/mol. The fraction of sp³-hybridized carbons (Fsp3) is 0.545. The van der Waals surface area contributed by atoms with Gasteiger partial charge in [0.1, 0.15) is 5.82 Å². The standard InChI is InChI=1S/C11H19N5O2S/c1-2-14-19(17,18)16-7-5-15(6-8-16)11-4-3-10(12)9-13-11/h3-4,9,14H,2,5-8,12H2,1H3. The van der Waals surface area contributed by atoms with Crippen LogP contribution in [0.3, 0.4) is 0 Å². The Kier molecular flexibility index (Phi) is 4.23. The number of nitrogens with zero attached hydrogens (tertiary/aromatic N) is 3. The molecule has 0 aliphatic carbocycles. The van der Waals surface area contributed by atoms with Crippen LogP contribution in [0.25, 0.3) is 0 Å². The number of hydrogen-bond acceptors (Lipinski definition) is 5. The van der Waals surface area contributed by atoms with Crippen LogP contribution in [0.4, 0.5) is 11.5 Å². The largest absolute Gasteiger partial charge is 0.397 e. The summed E-state index contributed by atoms with van der Waals surface area (Å²) in [6.45, 7) is 4.35. The van der Waals surface area contributed by atoms with Crippen molar-refractivity contribution in [1.29, 1.82) is 0 Å². The van der Waals surface area contributed by atoms with Crippen molar-refractivity contribution in [1.82, 2.24) is 14.0 Å². The highest BCUT2D eigenvalue weighted by molar-refractivity contribution is 7.87. The number of nitrogens with two attached hydrogens (primary N) is 1. The Morgan fingerprint density at radius 2 is 2.00 bits per heavy atom. The Bertz CT molecular complexity index is 508. The molecule has 1 saturated heterocycles. The zero-order chi connectivity index (χ0) is 13.9. The predicted octanol–water partition coefficient (Wildman–Crippen LogP) is -0.360. The summed E-state index contributed by atoms with van der Waals surface area (Å²) in [6.07, 6.45) is 1.61. The van der Waals surface area contributed by atoms with Crippen LogP contribution < -0.4 is 15.4 Å². The molecule has 0 amide bonds. The first-order chi connectivity index (χ1) is 9.03. The van der Waals surface area contributed by atoms with Crippen molar-refractivity contribution in [3.05, 3.63) is 18.3 Å². The van der Waals surface area contributed by atoms with Crippen molar-refractivity contribution < 1.29 is 8.42 Å². The molecule has 1 aromatic rings. The molecule has 2 rings (SSSR count). The quantitative estimate of drug-likeness (QED) is 0.788. The first-order valence-electron chi connectivity index (χ1n) is 6.24. The minimum absolute atomic E-state index is 0.405. The summed E-state index contributed by atoms with van der Waals surface area (Å²) in [5.41, 5.74) is 6.21. The van der Waals surface area contributed by atoms with Gasteiger partial charge in [0.25, 0.3) is 10.2 Å². The Labute approximate surface area is 113 Å². The van der Waals surface area contributed by atoms with E-state index in [9.17, 15) is 8.42 Å². The topological polar surface area (TPSA) is 91.6 Å². The van der Waals surface area contributed by atoms with E-state index in [0.717, 1.165) is 5.82 Å². The lowest BCUT2D eigenvalue weighted by Crippen LogP contribution is -2.52. The SMILES string of the molecule is CCNS(=O)(=O)N1CCN(c2ccc(N)cn2)CC1. The molecular weight excluding hydrogens is 266 g/mol. The molecule has 1 fully saturated rings. The average Bonchev–Trinajstić information content (AvgIpc) is 2.40. The van der Waals surface area contributed by atoms with Crippen molar-refractivity contribution in [2.24, 2.45) is 0 Å². The first-order valence-corrected chi connectivity index (χ1v) is 7.68. The van der Waals surface area contributed by atoms with E-state index < -0.39 is 10.2 Å². The van der Waals surface area contributed by atoms with Gasteiger partial charge in [0.15, 0.2) is 0 Å². The molecule has 8 heteroatoms. The van der Waals surface area contributed by atoms with Gasteiger partial charge in [-0.3, -0.25) is 0 Å². The van der Waals surface area contributed by atoms with E-state index in [-0.39, 0.29) is 0 Å². The first kappa shape index (κ1) is 14.0. The summed E-state index contributed by atoms with van der Waals surface area (Å²) in [4.78, 5) is 6.30. The minimum atomic E-state index is -3.33. The lowest BCUT2D eigenvalue weighted by molar-refractivity contribution is 0.378. The Balaban J connectivity index is 1.98. The molecule has 1 aliphatic heterocycles. The Hall–Kier alpha value is -1.38. The molecule has 1 aromatic heterocycles. The third-order valence-electron chi connectivity index (χ3n) is 3.00. The molecule has 1 aliphatic rings. The predicted molar refractivity (Wildman–Crippen MR) is 75.0 cm³/mol. The van der Waals surface area contributed by atoms with Gasteiger partial charge in [0, 0.05) is 32.7 Å². The number of hydrogen-bond donors (Lipinski definition) is 2. The maximum Gasteiger partial charge on any atom is 0.279 e. The maximum absolute atomic E-state index is 11.8. The zero-order valence-corrected chi connectivity index (χ0v) is 11.7. The summed E-state index contributed by atoms with van der Waals surface area (Å²) in [7, 11) is -3.33. The van der Waals surface area contributed by atoms with Crippen LogP contribution in [-0.4, -0.2) is 50.4 Å². The fourth-order valence-electron chi connectivity index (χ4n) is 2.02. The molecule has 0 aromatic carbocycles. The van der Waals surface area contributed by atoms with Crippen molar-refractivity contribution >= 4 is 21.7 Å². The lowest BCUT2D eigenvalue weighted by atomic mass is 10.3. The number of aromatic nitrogens is 1. The summed E-state index contributed by atoms with van der Waals surface area (Å²) >= 11 is 0. The number of rotatable bonds is 4. The van der Waals surface area contributed by atoms with Crippen LogP contribution in [0, 0.1) is 0 Å². The number of nitrogens with one attached hydrogen (secondary N) is 1. The van der Waals surface area contributed by atoms with E-state index >= 15 is 0 Å². The molecule has 3 N–H and O–H groups in total. The third kappa shape index (κ3) is 3.34. The van der Waals surface area contributed by atoms with Gasteiger partial charge in [0.2, 0.25) is 0 Å². The van der Waals surface area contributed by atoms with Gasteiger partial charge in [-0.05, 0) is 12.1 Å². The van der Waals surface area contributed by atoms with Gasteiger partial charge in [0.05, 0.1) is 11.9 Å². The summed E-state index contributed by atoms with van der Waals surface area (Å²) in [5, 5.41) is 0. The maximum atomic E-state index is 11.8. The van der Waals surface area contributed by atoms with E-state index in [2.05, 4.69) is 14.6 Å². The molecule has 0 saturated carbocycles. The van der Waals surface area contributed by atoms with Gasteiger partial charge in [-0.15, -0.1) is 0 Å². The molecule has 19 heavy (non-hydrogen) atoms. The van der Waals surface area contributed by atoms with Gasteiger partial charge in [-0.25, -0.2) is 9.71 Å². The van der Waals surface area contributed by atoms with Crippen LogP contribution in [0.5, 0.6) is 0 Å². The minimum Gasteiger partial charge on any atom is -0.397 e. The molecule has 106 valence electrons. The van der Waals surface area contributed by atoms with Gasteiger partial charge >= 0.3 is 0 Å². The highest BCUT2D eigenvalue weighted by Gasteiger charge is 2.26. The van der Waals surface area contributed by atoms with Crippen molar-refractivity contribution in [2.75, 3.05) is 43.4 Å². The van der Waals surface area contributed by atoms with E-state index in [4.69, 9.17) is 5.73 Å². The summed E-state index contributed by atoms with van der Waals surface area (Å²) < 4.78 is 27.6. The molecule has 7 nitrogen and oxygen atoms in total. The fourth-order valence-corrected chi connectivity index (χ4v) is 3.21. The van der Waals surface area contributed by atoms with Gasteiger partial charge < -0.3 is 10.6 Å².